The highest BCUT2D eigenvalue weighted by Gasteiger charge is 2.31. The molecule has 3 N–H and O–H groups in total. The molecule has 1 saturated heterocycles. The zero-order valence-electron chi connectivity index (χ0n) is 14.6. The van der Waals surface area contributed by atoms with Crippen molar-refractivity contribution in [3.63, 3.8) is 0 Å². The Labute approximate surface area is 162 Å². The fourth-order valence-corrected chi connectivity index (χ4v) is 3.87. The van der Waals surface area contributed by atoms with Crippen molar-refractivity contribution in [1.29, 1.82) is 0 Å². The standard InChI is InChI=1S/C16H19N5O4S2/c1-11-2-4-12(5-3-11)27(22,23)14-15(21-6-8-24-9-7-21)25-13(19-14)10-18-20-16(17)26/h2-5,10H,6-9H2,1H3,(H3,17,20,26)/b18-10+. The summed E-state index contributed by atoms with van der Waals surface area (Å²) in [4.78, 5) is 6.07. The molecule has 2 aromatic rings. The van der Waals surface area contributed by atoms with E-state index in [-0.39, 0.29) is 26.8 Å². The molecular weight excluding hydrogens is 390 g/mol. The van der Waals surface area contributed by atoms with Gasteiger partial charge >= 0.3 is 0 Å². The highest BCUT2D eigenvalue weighted by molar-refractivity contribution is 7.91. The molecule has 2 heterocycles. The van der Waals surface area contributed by atoms with Gasteiger partial charge in [-0.25, -0.2) is 8.42 Å². The average Bonchev–Trinajstić information content (AvgIpc) is 3.08. The first kappa shape index (κ1) is 19.3. The fraction of sp³-hybridized carbons (Fsp3) is 0.312. The maximum Gasteiger partial charge on any atom is 0.243 e. The number of aryl methyl sites for hydroxylation is 1. The van der Waals surface area contributed by atoms with Crippen LogP contribution in [0.2, 0.25) is 0 Å². The second-order valence-corrected chi connectivity index (χ2v) is 8.12. The Balaban J connectivity index is 2.03. The summed E-state index contributed by atoms with van der Waals surface area (Å²) in [6.45, 7) is 3.81. The van der Waals surface area contributed by atoms with Crippen LogP contribution in [0.5, 0.6) is 0 Å². The predicted octanol–water partition coefficient (Wildman–Crippen LogP) is 0.820. The van der Waals surface area contributed by atoms with Crippen LogP contribution in [-0.4, -0.2) is 51.0 Å². The quantitative estimate of drug-likeness (QED) is 0.420. The number of oxazole rings is 1. The van der Waals surface area contributed by atoms with Gasteiger partial charge in [0.15, 0.2) is 5.11 Å². The molecule has 1 aliphatic heterocycles. The molecule has 1 aromatic carbocycles. The number of morpholine rings is 1. The molecule has 0 saturated carbocycles. The number of nitrogens with two attached hydrogens (primary N) is 1. The predicted molar refractivity (Wildman–Crippen MR) is 104 cm³/mol. The fourth-order valence-electron chi connectivity index (χ4n) is 2.49. The number of hydrogen-bond donors (Lipinski definition) is 2. The third-order valence-corrected chi connectivity index (χ3v) is 5.59. The number of sulfone groups is 1. The van der Waals surface area contributed by atoms with Gasteiger partial charge in [-0.15, -0.1) is 0 Å². The number of nitrogens with one attached hydrogen (secondary N) is 1. The average molecular weight is 409 g/mol. The van der Waals surface area contributed by atoms with Crippen molar-refractivity contribution in [2.75, 3.05) is 31.2 Å². The van der Waals surface area contributed by atoms with Crippen molar-refractivity contribution in [2.45, 2.75) is 16.8 Å². The van der Waals surface area contributed by atoms with Gasteiger partial charge in [0.25, 0.3) is 0 Å². The Hall–Kier alpha value is -2.50. The molecule has 27 heavy (non-hydrogen) atoms. The molecule has 11 heteroatoms. The molecule has 0 aliphatic carbocycles. The number of thiocarbonyl (C=S) groups is 1. The molecule has 0 spiro atoms. The third kappa shape index (κ3) is 4.43. The largest absolute Gasteiger partial charge is 0.418 e. The third-order valence-electron chi connectivity index (χ3n) is 3.83. The summed E-state index contributed by atoms with van der Waals surface area (Å²) < 4.78 is 37.2. The van der Waals surface area contributed by atoms with Crippen molar-refractivity contribution in [3.05, 3.63) is 35.7 Å². The number of rotatable bonds is 5. The van der Waals surface area contributed by atoms with Gasteiger partial charge in [0.2, 0.25) is 26.6 Å². The Bertz CT molecular complexity index is 948. The lowest BCUT2D eigenvalue weighted by molar-refractivity contribution is 0.120. The molecule has 1 aromatic heterocycles. The van der Waals surface area contributed by atoms with E-state index in [2.05, 4.69) is 27.7 Å². The molecule has 0 bridgehead atoms. The number of anilines is 1. The van der Waals surface area contributed by atoms with E-state index in [9.17, 15) is 8.42 Å². The van der Waals surface area contributed by atoms with Crippen LogP contribution in [0.25, 0.3) is 0 Å². The van der Waals surface area contributed by atoms with E-state index in [1.165, 1.54) is 6.21 Å². The van der Waals surface area contributed by atoms with E-state index in [1.807, 2.05) is 6.92 Å². The summed E-state index contributed by atoms with van der Waals surface area (Å²) in [5, 5.41) is 3.58. The van der Waals surface area contributed by atoms with Crippen LogP contribution in [0.1, 0.15) is 11.5 Å². The first-order valence-corrected chi connectivity index (χ1v) is 10.0. The van der Waals surface area contributed by atoms with Crippen LogP contribution in [0.15, 0.2) is 43.7 Å². The topological polar surface area (TPSA) is 123 Å². The molecule has 9 nitrogen and oxygen atoms in total. The minimum absolute atomic E-state index is 0.0194. The summed E-state index contributed by atoms with van der Waals surface area (Å²) in [5.74, 6) is 0.182. The first-order chi connectivity index (χ1) is 12.9. The molecule has 0 unspecified atom stereocenters. The molecule has 0 amide bonds. The second kappa shape index (κ2) is 8.03. The molecular formula is C16H19N5O4S2. The van der Waals surface area contributed by atoms with Crippen LogP contribution in [-0.2, 0) is 14.6 Å². The van der Waals surface area contributed by atoms with Crippen molar-refractivity contribution >= 4 is 39.3 Å². The molecule has 0 radical (unpaired) electrons. The van der Waals surface area contributed by atoms with E-state index in [0.717, 1.165) is 5.56 Å². The zero-order chi connectivity index (χ0) is 19.4. The van der Waals surface area contributed by atoms with Crippen LogP contribution in [0.4, 0.5) is 5.88 Å². The lowest BCUT2D eigenvalue weighted by atomic mass is 10.2. The Morgan fingerprint density at radius 1 is 1.33 bits per heavy atom. The SMILES string of the molecule is Cc1ccc(S(=O)(=O)c2nc(/C=N/NC(N)=S)oc2N2CCOCC2)cc1. The van der Waals surface area contributed by atoms with Crippen LogP contribution in [0, 0.1) is 6.92 Å². The highest BCUT2D eigenvalue weighted by atomic mass is 32.2. The molecule has 3 rings (SSSR count). The van der Waals surface area contributed by atoms with Crippen LogP contribution in [0.3, 0.4) is 0 Å². The number of hydrazone groups is 1. The van der Waals surface area contributed by atoms with Gasteiger partial charge in [-0.05, 0) is 31.3 Å². The maximum atomic E-state index is 13.1. The molecule has 0 atom stereocenters. The van der Waals surface area contributed by atoms with Gasteiger partial charge in [-0.1, -0.05) is 17.7 Å². The number of benzene rings is 1. The van der Waals surface area contributed by atoms with Crippen molar-refractivity contribution in [2.24, 2.45) is 10.8 Å². The maximum absolute atomic E-state index is 13.1. The molecule has 1 fully saturated rings. The van der Waals surface area contributed by atoms with Gasteiger partial charge < -0.3 is 19.8 Å². The monoisotopic (exact) mass is 409 g/mol. The van der Waals surface area contributed by atoms with Gasteiger partial charge in [0.1, 0.15) is 6.21 Å². The normalized spacial score (nSPS) is 15.2. The highest BCUT2D eigenvalue weighted by Crippen LogP contribution is 2.31. The van der Waals surface area contributed by atoms with E-state index in [0.29, 0.717) is 26.3 Å². The van der Waals surface area contributed by atoms with Crippen molar-refractivity contribution < 1.29 is 17.6 Å². The molecule has 144 valence electrons. The summed E-state index contributed by atoms with van der Waals surface area (Å²) in [5.41, 5.74) is 8.64. The molecule has 1 aliphatic rings. The number of hydrogen-bond acceptors (Lipinski definition) is 8. The second-order valence-electron chi connectivity index (χ2n) is 5.81. The Morgan fingerprint density at radius 3 is 2.63 bits per heavy atom. The van der Waals surface area contributed by atoms with E-state index in [1.54, 1.807) is 29.2 Å². The Kier molecular flexibility index (Phi) is 5.73. The van der Waals surface area contributed by atoms with Crippen LogP contribution >= 0.6 is 12.2 Å². The Morgan fingerprint density at radius 2 is 2.00 bits per heavy atom. The van der Waals surface area contributed by atoms with Gasteiger partial charge in [0.05, 0.1) is 18.1 Å². The van der Waals surface area contributed by atoms with E-state index >= 15 is 0 Å². The minimum atomic E-state index is -3.88. The number of ether oxygens (including phenoxy) is 1. The smallest absolute Gasteiger partial charge is 0.243 e. The summed E-state index contributed by atoms with van der Waals surface area (Å²) >= 11 is 4.66. The van der Waals surface area contributed by atoms with Crippen molar-refractivity contribution in [1.82, 2.24) is 10.4 Å². The van der Waals surface area contributed by atoms with Gasteiger partial charge in [0, 0.05) is 13.1 Å². The summed E-state index contributed by atoms with van der Waals surface area (Å²) in [7, 11) is -3.88. The van der Waals surface area contributed by atoms with E-state index in [4.69, 9.17) is 14.9 Å². The zero-order valence-corrected chi connectivity index (χ0v) is 16.2. The lowest BCUT2D eigenvalue weighted by Crippen LogP contribution is -2.36. The van der Waals surface area contributed by atoms with E-state index < -0.39 is 9.84 Å². The summed E-state index contributed by atoms with van der Waals surface area (Å²) in [6, 6.07) is 6.56. The van der Waals surface area contributed by atoms with Gasteiger partial charge in [-0.2, -0.15) is 10.1 Å². The number of aromatic nitrogens is 1. The lowest BCUT2D eigenvalue weighted by Gasteiger charge is -2.26. The van der Waals surface area contributed by atoms with Gasteiger partial charge in [-0.3, -0.25) is 5.43 Å². The van der Waals surface area contributed by atoms with Crippen molar-refractivity contribution in [3.8, 4) is 0 Å². The number of nitrogens with zero attached hydrogens (tertiary/aromatic N) is 3. The first-order valence-electron chi connectivity index (χ1n) is 8.12. The van der Waals surface area contributed by atoms with Crippen LogP contribution < -0.4 is 16.1 Å². The minimum Gasteiger partial charge on any atom is -0.418 e. The summed E-state index contributed by atoms with van der Waals surface area (Å²) in [6.07, 6.45) is 1.22.